The van der Waals surface area contributed by atoms with Gasteiger partial charge in [0.25, 0.3) is 0 Å². The Labute approximate surface area is 177 Å². The van der Waals surface area contributed by atoms with Crippen molar-refractivity contribution in [1.82, 2.24) is 0 Å². The van der Waals surface area contributed by atoms with Crippen LogP contribution >= 0.6 is 7.82 Å². The van der Waals surface area contributed by atoms with E-state index in [1.165, 1.54) is 51.4 Å². The summed E-state index contributed by atoms with van der Waals surface area (Å²) in [6.45, 7) is 3.66. The molecule has 6 heteroatoms. The zero-order chi connectivity index (χ0) is 20.3. The van der Waals surface area contributed by atoms with E-state index in [0.717, 1.165) is 67.1 Å². The highest BCUT2D eigenvalue weighted by Crippen LogP contribution is 2.56. The van der Waals surface area contributed by atoms with Crippen molar-refractivity contribution < 1.29 is 23.0 Å². The third-order valence-corrected chi connectivity index (χ3v) is 9.11. The van der Waals surface area contributed by atoms with Crippen LogP contribution in [-0.2, 0) is 13.6 Å². The largest absolute Gasteiger partial charge is 0.472 e. The van der Waals surface area contributed by atoms with Crippen molar-refractivity contribution in [3.05, 3.63) is 11.6 Å². The monoisotopic (exact) mass is 426 g/mol. The van der Waals surface area contributed by atoms with Gasteiger partial charge in [0, 0.05) is 0 Å². The highest BCUT2D eigenvalue weighted by molar-refractivity contribution is 7.47. The molecule has 5 aliphatic rings. The van der Waals surface area contributed by atoms with Crippen LogP contribution in [0.2, 0.25) is 0 Å². The molecule has 1 unspecified atom stereocenters. The molecule has 0 spiro atoms. The van der Waals surface area contributed by atoms with Gasteiger partial charge in [0.1, 0.15) is 13.2 Å². The third-order valence-electron chi connectivity index (χ3n) is 8.10. The summed E-state index contributed by atoms with van der Waals surface area (Å²) in [5, 5.41) is 0. The lowest BCUT2D eigenvalue weighted by molar-refractivity contribution is -0.914. The number of nitrogens with zero attached hydrogens (tertiary/aromatic N) is 1. The lowest BCUT2D eigenvalue weighted by Crippen LogP contribution is -2.49. The van der Waals surface area contributed by atoms with Crippen molar-refractivity contribution in [3.8, 4) is 0 Å². The van der Waals surface area contributed by atoms with Crippen molar-refractivity contribution in [2.75, 3.05) is 39.9 Å². The first-order valence-electron chi connectivity index (χ1n) is 12.1. The fourth-order valence-electron chi connectivity index (χ4n) is 6.67. The first kappa shape index (κ1) is 22.0. The third kappa shape index (κ3) is 5.95. The first-order valence-corrected chi connectivity index (χ1v) is 13.6. The van der Waals surface area contributed by atoms with Crippen molar-refractivity contribution in [1.29, 1.82) is 0 Å². The van der Waals surface area contributed by atoms with Gasteiger partial charge in [-0.1, -0.05) is 11.6 Å². The Morgan fingerprint density at radius 1 is 0.966 bits per heavy atom. The Bertz CT molecular complexity index is 598. The van der Waals surface area contributed by atoms with E-state index >= 15 is 0 Å². The van der Waals surface area contributed by atoms with Crippen LogP contribution in [0.3, 0.4) is 0 Å². The van der Waals surface area contributed by atoms with Gasteiger partial charge in [-0.3, -0.25) is 9.05 Å². The van der Waals surface area contributed by atoms with Gasteiger partial charge in [0.2, 0.25) is 0 Å². The van der Waals surface area contributed by atoms with Gasteiger partial charge in [-0.15, -0.1) is 0 Å². The van der Waals surface area contributed by atoms with Crippen molar-refractivity contribution >= 4 is 7.82 Å². The van der Waals surface area contributed by atoms with E-state index in [1.54, 1.807) is 5.57 Å². The number of piperidine rings is 1. The van der Waals surface area contributed by atoms with Gasteiger partial charge in [0.05, 0.1) is 26.7 Å². The molecule has 29 heavy (non-hydrogen) atoms. The maximum Gasteiger partial charge on any atom is 0.472 e. The standard InChI is InChI=1S/C23H40NO4P/c1-24(9-5-3-6-10-24)11-13-28-29(25,26)27-12-7-2-4-8-23-21-15-19-14-20(17-21)18-22(23)16-19/h8,19-22H,2-7,9-18H2,1H3/p+1. The molecule has 166 valence electrons. The van der Waals surface area contributed by atoms with Crippen LogP contribution in [-0.4, -0.2) is 49.3 Å². The smallest absolute Gasteiger partial charge is 0.324 e. The van der Waals surface area contributed by atoms with E-state index in [2.05, 4.69) is 13.1 Å². The Balaban J connectivity index is 1.09. The number of hydrogen-bond donors (Lipinski definition) is 1. The van der Waals surface area contributed by atoms with Crippen LogP contribution in [0.1, 0.15) is 70.6 Å². The Hall–Kier alpha value is -0.190. The van der Waals surface area contributed by atoms with E-state index in [9.17, 15) is 9.46 Å². The minimum Gasteiger partial charge on any atom is -0.324 e. The minimum atomic E-state index is -3.91. The summed E-state index contributed by atoms with van der Waals surface area (Å²) in [7, 11) is -1.70. The maximum absolute atomic E-state index is 12.1. The molecule has 5 fully saturated rings. The Morgan fingerprint density at radius 2 is 1.59 bits per heavy atom. The normalized spacial score (nSPS) is 34.9. The number of phosphoric acid groups is 1. The molecule has 0 radical (unpaired) electrons. The molecule has 1 saturated heterocycles. The van der Waals surface area contributed by atoms with E-state index in [4.69, 9.17) is 9.05 Å². The molecule has 5 nitrogen and oxygen atoms in total. The molecule has 0 aromatic carbocycles. The molecular weight excluding hydrogens is 385 g/mol. The van der Waals surface area contributed by atoms with Gasteiger partial charge >= 0.3 is 7.82 Å². The van der Waals surface area contributed by atoms with Crippen molar-refractivity contribution in [3.63, 3.8) is 0 Å². The number of allylic oxidation sites excluding steroid dienone is 2. The fourth-order valence-corrected chi connectivity index (χ4v) is 7.42. The molecule has 4 aliphatic carbocycles. The quantitative estimate of drug-likeness (QED) is 0.223. The van der Waals surface area contributed by atoms with E-state index in [1.807, 2.05) is 0 Å². The number of likely N-dealkylation sites (tertiary alicyclic amines) is 1. The molecular formula is C23H41NO4P+. The van der Waals surface area contributed by atoms with Gasteiger partial charge in [-0.2, -0.15) is 0 Å². The molecule has 0 amide bonds. The summed E-state index contributed by atoms with van der Waals surface area (Å²) < 4.78 is 23.5. The van der Waals surface area contributed by atoms with Crippen molar-refractivity contribution in [2.45, 2.75) is 70.6 Å². The number of likely N-dealkylation sites (N-methyl/N-ethyl adjacent to an activating group) is 1. The van der Waals surface area contributed by atoms with Crippen LogP contribution in [0.15, 0.2) is 11.6 Å². The van der Waals surface area contributed by atoms with Crippen LogP contribution in [0, 0.1) is 23.7 Å². The van der Waals surface area contributed by atoms with Crippen LogP contribution in [0.25, 0.3) is 0 Å². The number of phosphoric ester groups is 1. The highest BCUT2D eigenvalue weighted by atomic mass is 31.2. The SMILES string of the molecule is C[N+]1(CCOP(=O)(O)OCCCCC=C2C3CC4CC(C3)CC2C4)CCCCC1. The summed E-state index contributed by atoms with van der Waals surface area (Å²) >= 11 is 0. The summed E-state index contributed by atoms with van der Waals surface area (Å²) in [6, 6.07) is 0. The number of hydrogen-bond acceptors (Lipinski definition) is 3. The molecule has 1 aliphatic heterocycles. The van der Waals surface area contributed by atoms with Gasteiger partial charge < -0.3 is 9.38 Å². The van der Waals surface area contributed by atoms with E-state index < -0.39 is 7.82 Å². The van der Waals surface area contributed by atoms with Crippen LogP contribution in [0.4, 0.5) is 0 Å². The second kappa shape index (κ2) is 9.53. The lowest BCUT2D eigenvalue weighted by atomic mass is 9.54. The second-order valence-electron chi connectivity index (χ2n) is 10.5. The van der Waals surface area contributed by atoms with Gasteiger partial charge in [-0.25, -0.2) is 4.57 Å². The maximum atomic E-state index is 12.1. The first-order chi connectivity index (χ1) is 13.9. The molecule has 4 saturated carbocycles. The number of quaternary nitrogens is 1. The fraction of sp³-hybridized carbons (Fsp3) is 0.913. The van der Waals surface area contributed by atoms with E-state index in [-0.39, 0.29) is 0 Å². The van der Waals surface area contributed by atoms with Gasteiger partial charge in [-0.05, 0) is 94.3 Å². The molecule has 5 rings (SSSR count). The molecule has 0 aromatic heterocycles. The average Bonchev–Trinajstić information content (AvgIpc) is 2.66. The predicted molar refractivity (Wildman–Crippen MR) is 115 cm³/mol. The lowest BCUT2D eigenvalue weighted by Gasteiger charge is -2.51. The average molecular weight is 427 g/mol. The van der Waals surface area contributed by atoms with Crippen LogP contribution in [0.5, 0.6) is 0 Å². The summed E-state index contributed by atoms with van der Waals surface area (Å²) in [5.41, 5.74) is 1.75. The highest BCUT2D eigenvalue weighted by Gasteiger charge is 2.44. The molecule has 1 N–H and O–H groups in total. The van der Waals surface area contributed by atoms with Gasteiger partial charge in [0.15, 0.2) is 0 Å². The molecule has 1 heterocycles. The van der Waals surface area contributed by atoms with Crippen molar-refractivity contribution in [2.24, 2.45) is 23.7 Å². The topological polar surface area (TPSA) is 55.8 Å². The Morgan fingerprint density at radius 3 is 2.24 bits per heavy atom. The Kier molecular flexibility index (Phi) is 7.23. The van der Waals surface area contributed by atoms with Crippen LogP contribution < -0.4 is 0 Å². The molecule has 0 aromatic rings. The molecule has 1 atom stereocenters. The minimum absolute atomic E-state index is 0.293. The summed E-state index contributed by atoms with van der Waals surface area (Å²) in [5.74, 6) is 3.78. The summed E-state index contributed by atoms with van der Waals surface area (Å²) in [4.78, 5) is 9.92. The number of rotatable bonds is 10. The zero-order valence-electron chi connectivity index (χ0n) is 18.3. The van der Waals surface area contributed by atoms with E-state index in [0.29, 0.717) is 13.2 Å². The second-order valence-corrected chi connectivity index (χ2v) is 11.9. The zero-order valence-corrected chi connectivity index (χ0v) is 19.2. The number of unbranched alkanes of at least 4 members (excludes halogenated alkanes) is 2. The predicted octanol–water partition coefficient (Wildman–Crippen LogP) is 5.30. The summed E-state index contributed by atoms with van der Waals surface area (Å²) in [6.07, 6.45) is 16.4. The molecule has 4 bridgehead atoms.